The number of nitrogens with one attached hydrogen (secondary N) is 1. The van der Waals surface area contributed by atoms with Crippen LogP contribution in [-0.4, -0.2) is 12.8 Å². The zero-order chi connectivity index (χ0) is 22.3. The molecule has 1 unspecified atom stereocenters. The molecule has 1 N–H and O–H groups in total. The highest BCUT2D eigenvalue weighted by Crippen LogP contribution is 2.37. The van der Waals surface area contributed by atoms with Crippen molar-refractivity contribution in [3.63, 3.8) is 0 Å². The van der Waals surface area contributed by atoms with E-state index in [1.165, 1.54) is 9.98 Å². The van der Waals surface area contributed by atoms with Crippen molar-refractivity contribution in [2.24, 2.45) is 0 Å². The van der Waals surface area contributed by atoms with Crippen molar-refractivity contribution >= 4 is 31.7 Å². The summed E-state index contributed by atoms with van der Waals surface area (Å²) in [6.07, 6.45) is 2.00. The topological polar surface area (TPSA) is 49.4 Å². The molecule has 0 bridgehead atoms. The van der Waals surface area contributed by atoms with Crippen molar-refractivity contribution in [1.29, 1.82) is 0 Å². The van der Waals surface area contributed by atoms with Crippen molar-refractivity contribution < 1.29 is 8.42 Å². The Hall–Kier alpha value is -2.41. The minimum Gasteiger partial charge on any atom is -0.304 e. The Morgan fingerprint density at radius 3 is 2.00 bits per heavy atom. The average molecular weight is 497 g/mol. The van der Waals surface area contributed by atoms with Gasteiger partial charge in [0.1, 0.15) is 0 Å². The molecule has 4 nitrogen and oxygen atoms in total. The molecule has 4 rings (SSSR count). The lowest BCUT2D eigenvalue weighted by Gasteiger charge is -2.25. The Bertz CT molecular complexity index is 1240. The molecule has 0 aromatic heterocycles. The number of halogens is 1. The summed E-state index contributed by atoms with van der Waals surface area (Å²) in [5, 5.41) is 0. The molecule has 160 valence electrons. The lowest BCUT2D eigenvalue weighted by atomic mass is 9.96. The van der Waals surface area contributed by atoms with Gasteiger partial charge >= 0.3 is 0 Å². The molecular formula is C25H25BrN2O2S. The van der Waals surface area contributed by atoms with Gasteiger partial charge in [0.05, 0.1) is 16.6 Å². The first kappa shape index (κ1) is 21.8. The molecule has 1 aliphatic heterocycles. The van der Waals surface area contributed by atoms with Crippen molar-refractivity contribution in [2.45, 2.75) is 38.6 Å². The first-order valence-electron chi connectivity index (χ1n) is 10.1. The van der Waals surface area contributed by atoms with Crippen LogP contribution in [0.4, 0.5) is 0 Å². The summed E-state index contributed by atoms with van der Waals surface area (Å²) in [5.41, 5.74) is 10.4. The molecule has 0 saturated carbocycles. The minimum atomic E-state index is -3.78. The largest absolute Gasteiger partial charge is 0.304 e. The smallest absolute Gasteiger partial charge is 0.260 e. The number of aryl methyl sites for hydroxylation is 4. The Morgan fingerprint density at radius 2 is 1.42 bits per heavy atom. The molecule has 0 radical (unpaired) electrons. The fraction of sp³-hybridized carbons (Fsp3) is 0.200. The minimum absolute atomic E-state index is 0.264. The predicted octanol–water partition coefficient (Wildman–Crippen LogP) is 5.97. The Labute approximate surface area is 192 Å². The number of rotatable bonds is 4. The summed E-state index contributed by atoms with van der Waals surface area (Å²) in [7, 11) is -3.78. The van der Waals surface area contributed by atoms with E-state index in [0.29, 0.717) is 0 Å². The summed E-state index contributed by atoms with van der Waals surface area (Å²) in [6.45, 7) is 8.13. The predicted molar refractivity (Wildman–Crippen MR) is 129 cm³/mol. The maximum Gasteiger partial charge on any atom is 0.260 e. The molecule has 6 heteroatoms. The van der Waals surface area contributed by atoms with Crippen LogP contribution < -0.4 is 5.43 Å². The first-order valence-corrected chi connectivity index (χ1v) is 12.3. The van der Waals surface area contributed by atoms with Crippen LogP contribution in [0.2, 0.25) is 0 Å². The maximum atomic E-state index is 13.6. The molecule has 0 spiro atoms. The van der Waals surface area contributed by atoms with E-state index in [-0.39, 0.29) is 4.90 Å². The fourth-order valence-corrected chi connectivity index (χ4v) is 5.79. The summed E-state index contributed by atoms with van der Waals surface area (Å²) in [6, 6.07) is 18.5. The van der Waals surface area contributed by atoms with Gasteiger partial charge in [0.15, 0.2) is 0 Å². The molecule has 1 atom stereocenters. The molecule has 0 aliphatic carbocycles. The van der Waals surface area contributed by atoms with Crippen LogP contribution in [0.15, 0.2) is 76.1 Å². The molecule has 3 aromatic rings. The van der Waals surface area contributed by atoms with Crippen LogP contribution in [0, 0.1) is 27.7 Å². The second-order valence-corrected chi connectivity index (χ2v) is 10.8. The first-order chi connectivity index (χ1) is 14.7. The molecule has 0 saturated heterocycles. The van der Waals surface area contributed by atoms with Gasteiger partial charge in [0.2, 0.25) is 0 Å². The van der Waals surface area contributed by atoms with Crippen LogP contribution in [0.3, 0.4) is 0 Å². The van der Waals surface area contributed by atoms with Gasteiger partial charge in [-0.15, -0.1) is 4.41 Å². The molecule has 0 amide bonds. The zero-order valence-corrected chi connectivity index (χ0v) is 20.4. The summed E-state index contributed by atoms with van der Waals surface area (Å²) in [4.78, 5) is 0.264. The van der Waals surface area contributed by atoms with Crippen molar-refractivity contribution in [2.75, 3.05) is 0 Å². The molecule has 1 aliphatic rings. The third-order valence-corrected chi connectivity index (χ3v) is 7.78. The van der Waals surface area contributed by atoms with Gasteiger partial charge < -0.3 is 5.43 Å². The normalized spacial score (nSPS) is 16.8. The van der Waals surface area contributed by atoms with E-state index >= 15 is 0 Å². The van der Waals surface area contributed by atoms with Gasteiger partial charge in [0.25, 0.3) is 10.0 Å². The highest BCUT2D eigenvalue weighted by Gasteiger charge is 2.37. The van der Waals surface area contributed by atoms with E-state index in [4.69, 9.17) is 0 Å². The van der Waals surface area contributed by atoms with E-state index in [9.17, 15) is 8.42 Å². The van der Waals surface area contributed by atoms with Gasteiger partial charge in [-0.3, -0.25) is 0 Å². The molecule has 3 aromatic carbocycles. The van der Waals surface area contributed by atoms with Gasteiger partial charge in [-0.2, -0.15) is 0 Å². The van der Waals surface area contributed by atoms with Crippen LogP contribution in [-0.2, 0) is 10.0 Å². The summed E-state index contributed by atoms with van der Waals surface area (Å²) in [5.74, 6) is 0. The standard InChI is InChI=1S/C25H25BrN2O2S/c1-16-5-11-22(12-6-16)31(29,30)28-24(20-7-9-21(26)10-8-20)15-23(27-28)25-18(3)13-17(2)14-19(25)4/h5-15,24,27H,1-4H3. The maximum absolute atomic E-state index is 13.6. The van der Waals surface area contributed by atoms with E-state index in [2.05, 4.69) is 54.3 Å². The van der Waals surface area contributed by atoms with E-state index in [1.807, 2.05) is 49.4 Å². The van der Waals surface area contributed by atoms with Crippen molar-refractivity contribution in [1.82, 2.24) is 9.84 Å². The van der Waals surface area contributed by atoms with Crippen molar-refractivity contribution in [3.05, 3.63) is 105 Å². The van der Waals surface area contributed by atoms with Gasteiger partial charge in [-0.05, 0) is 74.7 Å². The monoisotopic (exact) mass is 496 g/mol. The van der Waals surface area contributed by atoms with E-state index in [1.54, 1.807) is 12.1 Å². The number of hydrogen-bond acceptors (Lipinski definition) is 3. The highest BCUT2D eigenvalue weighted by molar-refractivity contribution is 9.10. The molecule has 1 heterocycles. The SMILES string of the molecule is Cc1ccc(S(=O)(=O)N2NC(c3c(C)cc(C)cc3C)=CC2c2ccc(Br)cc2)cc1. The Balaban J connectivity index is 1.83. The van der Waals surface area contributed by atoms with Gasteiger partial charge in [0, 0.05) is 10.0 Å². The van der Waals surface area contributed by atoms with Gasteiger partial charge in [-0.1, -0.05) is 63.5 Å². The summed E-state index contributed by atoms with van der Waals surface area (Å²) < 4.78 is 29.6. The number of sulfonamides is 1. The Morgan fingerprint density at radius 1 is 0.839 bits per heavy atom. The second-order valence-electron chi connectivity index (χ2n) is 8.08. The third kappa shape index (κ3) is 4.20. The fourth-order valence-electron chi connectivity index (χ4n) is 4.12. The molecule has 0 fully saturated rings. The molecular weight excluding hydrogens is 472 g/mol. The number of benzene rings is 3. The van der Waals surface area contributed by atoms with Crippen LogP contribution >= 0.6 is 15.9 Å². The second kappa shape index (κ2) is 8.26. The Kier molecular flexibility index (Phi) is 5.81. The lowest BCUT2D eigenvalue weighted by molar-refractivity contribution is 0.348. The van der Waals surface area contributed by atoms with E-state index in [0.717, 1.165) is 38.0 Å². The van der Waals surface area contributed by atoms with Gasteiger partial charge in [-0.25, -0.2) is 8.42 Å². The number of hydrogen-bond donors (Lipinski definition) is 1. The van der Waals surface area contributed by atoms with Crippen LogP contribution in [0.25, 0.3) is 5.70 Å². The summed E-state index contributed by atoms with van der Waals surface area (Å²) >= 11 is 3.46. The highest BCUT2D eigenvalue weighted by atomic mass is 79.9. The molecule has 31 heavy (non-hydrogen) atoms. The number of nitrogens with zero attached hydrogens (tertiary/aromatic N) is 1. The number of hydrazine groups is 1. The van der Waals surface area contributed by atoms with E-state index < -0.39 is 16.1 Å². The van der Waals surface area contributed by atoms with Crippen molar-refractivity contribution in [3.8, 4) is 0 Å². The van der Waals surface area contributed by atoms with Crippen LogP contribution in [0.5, 0.6) is 0 Å². The lowest BCUT2D eigenvalue weighted by Crippen LogP contribution is -2.39. The quantitative estimate of drug-likeness (QED) is 0.483. The zero-order valence-electron chi connectivity index (χ0n) is 18.0. The van der Waals surface area contributed by atoms with Crippen LogP contribution in [0.1, 0.15) is 39.4 Å². The average Bonchev–Trinajstić information content (AvgIpc) is 3.14. The third-order valence-electron chi connectivity index (χ3n) is 5.54.